The number of halogens is 2. The third-order valence-electron chi connectivity index (χ3n) is 6.12. The summed E-state index contributed by atoms with van der Waals surface area (Å²) in [4.78, 5) is 18.4. The first-order chi connectivity index (χ1) is 18.5. The Balaban J connectivity index is 1.61. The lowest BCUT2D eigenvalue weighted by atomic mass is 9.84. The molecule has 38 heavy (non-hydrogen) atoms. The molecule has 0 saturated carbocycles. The van der Waals surface area contributed by atoms with Crippen LogP contribution in [-0.4, -0.2) is 35.7 Å². The van der Waals surface area contributed by atoms with Gasteiger partial charge < -0.3 is 14.6 Å². The predicted octanol–water partition coefficient (Wildman–Crippen LogP) is 4.38. The summed E-state index contributed by atoms with van der Waals surface area (Å²) in [6.07, 6.45) is 1.46. The van der Waals surface area contributed by atoms with Crippen molar-refractivity contribution in [1.29, 1.82) is 0 Å². The molecule has 4 rings (SSSR count). The molecule has 0 saturated heterocycles. The van der Waals surface area contributed by atoms with Crippen LogP contribution in [0.1, 0.15) is 35.6 Å². The van der Waals surface area contributed by atoms with E-state index >= 15 is 0 Å². The number of hydrogen-bond acceptors (Lipinski definition) is 6. The average molecular weight is 522 g/mol. The second-order valence-corrected chi connectivity index (χ2v) is 8.70. The fraction of sp³-hybridized carbons (Fsp3) is 0.241. The summed E-state index contributed by atoms with van der Waals surface area (Å²) in [5.41, 5.74) is 4.93. The Labute approximate surface area is 219 Å². The highest BCUT2D eigenvalue weighted by Gasteiger charge is 2.52. The number of aliphatic hydroxyl groups excluding tert-OH is 1. The number of rotatable bonds is 12. The Bertz CT molecular complexity index is 1260. The lowest BCUT2D eigenvalue weighted by molar-refractivity contribution is -0.130. The quantitative estimate of drug-likeness (QED) is 0.187. The van der Waals surface area contributed by atoms with Crippen molar-refractivity contribution >= 4 is 11.8 Å². The van der Waals surface area contributed by atoms with Crippen LogP contribution in [-0.2, 0) is 16.1 Å². The van der Waals surface area contributed by atoms with Crippen molar-refractivity contribution in [1.82, 2.24) is 10.9 Å². The molecule has 7 nitrogen and oxygen atoms in total. The fourth-order valence-electron chi connectivity index (χ4n) is 4.19. The van der Waals surface area contributed by atoms with E-state index < -0.39 is 29.2 Å². The molecule has 1 aliphatic rings. The number of ether oxygens (including phenoxy) is 2. The smallest absolute Gasteiger partial charge is 0.266 e. The normalized spacial score (nSPS) is 18.4. The molecular weight excluding hydrogens is 492 g/mol. The van der Waals surface area contributed by atoms with E-state index in [0.717, 1.165) is 17.7 Å². The van der Waals surface area contributed by atoms with E-state index in [4.69, 9.17) is 19.6 Å². The summed E-state index contributed by atoms with van der Waals surface area (Å²) >= 11 is 0. The maximum atomic E-state index is 14.0. The second-order valence-electron chi connectivity index (χ2n) is 8.70. The number of aliphatic imine (C=N–C) groups is 1. The van der Waals surface area contributed by atoms with Crippen molar-refractivity contribution in [3.8, 4) is 5.75 Å². The van der Waals surface area contributed by atoms with E-state index in [2.05, 4.69) is 17.4 Å². The van der Waals surface area contributed by atoms with E-state index in [1.807, 2.05) is 30.3 Å². The van der Waals surface area contributed by atoms with Crippen molar-refractivity contribution in [3.63, 3.8) is 0 Å². The predicted molar refractivity (Wildman–Crippen MR) is 139 cm³/mol. The summed E-state index contributed by atoms with van der Waals surface area (Å²) < 4.78 is 40.0. The van der Waals surface area contributed by atoms with E-state index in [0.29, 0.717) is 24.3 Å². The van der Waals surface area contributed by atoms with Gasteiger partial charge in [0.25, 0.3) is 5.91 Å². The van der Waals surface area contributed by atoms with Gasteiger partial charge >= 0.3 is 0 Å². The third-order valence-corrected chi connectivity index (χ3v) is 6.12. The summed E-state index contributed by atoms with van der Waals surface area (Å²) in [6.45, 7) is 3.98. The monoisotopic (exact) mass is 521 g/mol. The number of nitrogens with one attached hydrogen (secondary N) is 2. The van der Waals surface area contributed by atoms with E-state index in [9.17, 15) is 13.6 Å². The van der Waals surface area contributed by atoms with Crippen molar-refractivity contribution in [2.45, 2.75) is 31.0 Å². The molecule has 0 fully saturated rings. The Kier molecular flexibility index (Phi) is 8.83. The Morgan fingerprint density at radius 1 is 1.08 bits per heavy atom. The standard InChI is InChI=1S/C29H29F2N3O4/c1-2-16-29(28(36)34-32-19-23-24(30)10-6-11-25(23)31)26(20-8-4-3-5-9-20)38-27(33-29)21-12-14-22(15-13-21)37-18-7-17-35/h2-6,8-15,26,32,35H,1,7,16-19H2,(H,34,36)/t26-,29-/m0/s1. The highest BCUT2D eigenvalue weighted by atomic mass is 19.1. The molecule has 1 amide bonds. The van der Waals surface area contributed by atoms with E-state index in [1.165, 1.54) is 6.07 Å². The van der Waals surface area contributed by atoms with Crippen LogP contribution in [0.25, 0.3) is 0 Å². The Morgan fingerprint density at radius 3 is 2.45 bits per heavy atom. The molecule has 0 bridgehead atoms. The number of carbonyl (C=O) groups is 1. The van der Waals surface area contributed by atoms with Crippen LogP contribution in [0.4, 0.5) is 8.78 Å². The first-order valence-corrected chi connectivity index (χ1v) is 12.2. The van der Waals surface area contributed by atoms with Crippen molar-refractivity contribution in [2.75, 3.05) is 13.2 Å². The van der Waals surface area contributed by atoms with Gasteiger partial charge in [0.15, 0.2) is 11.6 Å². The lowest BCUT2D eigenvalue weighted by Crippen LogP contribution is -2.52. The fourth-order valence-corrected chi connectivity index (χ4v) is 4.19. The van der Waals surface area contributed by atoms with Crippen molar-refractivity contribution in [2.24, 2.45) is 4.99 Å². The zero-order chi connectivity index (χ0) is 27.0. The molecule has 1 heterocycles. The van der Waals surface area contributed by atoms with Gasteiger partial charge in [-0.1, -0.05) is 42.5 Å². The molecule has 3 aromatic rings. The van der Waals surface area contributed by atoms with Gasteiger partial charge in [0, 0.05) is 37.1 Å². The van der Waals surface area contributed by atoms with Gasteiger partial charge in [-0.25, -0.2) is 19.2 Å². The maximum absolute atomic E-state index is 14.0. The van der Waals surface area contributed by atoms with E-state index in [-0.39, 0.29) is 31.0 Å². The first-order valence-electron chi connectivity index (χ1n) is 12.2. The minimum atomic E-state index is -1.44. The number of carbonyl (C=O) groups excluding carboxylic acids is 1. The molecule has 0 spiro atoms. The maximum Gasteiger partial charge on any atom is 0.266 e. The zero-order valence-electron chi connectivity index (χ0n) is 20.7. The van der Waals surface area contributed by atoms with Crippen LogP contribution in [0, 0.1) is 11.6 Å². The topological polar surface area (TPSA) is 92.2 Å². The minimum absolute atomic E-state index is 0.0428. The average Bonchev–Trinajstić information content (AvgIpc) is 3.32. The van der Waals surface area contributed by atoms with E-state index in [1.54, 1.807) is 30.3 Å². The van der Waals surface area contributed by atoms with Gasteiger partial charge in [-0.2, -0.15) is 0 Å². The molecule has 1 aliphatic heterocycles. The molecule has 0 unspecified atom stereocenters. The minimum Gasteiger partial charge on any atom is -0.494 e. The molecule has 198 valence electrons. The first kappa shape index (κ1) is 27.0. The summed E-state index contributed by atoms with van der Waals surface area (Å²) in [6, 6.07) is 19.9. The van der Waals surface area contributed by atoms with Gasteiger partial charge in [0.1, 0.15) is 17.4 Å². The van der Waals surface area contributed by atoms with Gasteiger partial charge in [-0.3, -0.25) is 10.2 Å². The Morgan fingerprint density at radius 2 is 1.79 bits per heavy atom. The van der Waals surface area contributed by atoms with Gasteiger partial charge in [0.05, 0.1) is 6.61 Å². The second kappa shape index (κ2) is 12.4. The molecule has 2 atom stereocenters. The highest BCUT2D eigenvalue weighted by Crippen LogP contribution is 2.42. The molecule has 3 aromatic carbocycles. The SMILES string of the molecule is C=CC[C@]1(C(=O)NNCc2c(F)cccc2F)N=C(c2ccc(OCCCO)cc2)O[C@H]1c1ccccc1. The van der Waals surface area contributed by atoms with Crippen LogP contribution in [0.2, 0.25) is 0 Å². The third kappa shape index (κ3) is 5.90. The van der Waals surface area contributed by atoms with Crippen LogP contribution < -0.4 is 15.6 Å². The molecule has 0 aliphatic carbocycles. The summed E-state index contributed by atoms with van der Waals surface area (Å²) in [7, 11) is 0. The largest absolute Gasteiger partial charge is 0.494 e. The van der Waals surface area contributed by atoms with Crippen LogP contribution in [0.3, 0.4) is 0 Å². The number of nitrogens with zero attached hydrogens (tertiary/aromatic N) is 1. The molecule has 3 N–H and O–H groups in total. The molecule has 9 heteroatoms. The zero-order valence-corrected chi connectivity index (χ0v) is 20.7. The number of hydrazine groups is 1. The summed E-state index contributed by atoms with van der Waals surface area (Å²) in [5, 5.41) is 8.93. The number of hydrogen-bond donors (Lipinski definition) is 3. The van der Waals surface area contributed by atoms with Gasteiger partial charge in [-0.15, -0.1) is 6.58 Å². The van der Waals surface area contributed by atoms with Crippen molar-refractivity contribution in [3.05, 3.63) is 114 Å². The van der Waals surface area contributed by atoms with Crippen molar-refractivity contribution < 1.29 is 28.2 Å². The summed E-state index contributed by atoms with van der Waals surface area (Å²) in [5.74, 6) is -1.09. The molecule has 0 radical (unpaired) electrons. The van der Waals surface area contributed by atoms with Crippen LogP contribution in [0.15, 0.2) is 90.4 Å². The van der Waals surface area contributed by atoms with Gasteiger partial charge in [-0.05, 0) is 42.0 Å². The number of amides is 1. The Hall–Kier alpha value is -4.08. The lowest BCUT2D eigenvalue weighted by Gasteiger charge is -2.29. The van der Waals surface area contributed by atoms with Gasteiger partial charge in [0.2, 0.25) is 5.90 Å². The molecular formula is C29H29F2N3O4. The van der Waals surface area contributed by atoms with Crippen LogP contribution in [0.5, 0.6) is 5.75 Å². The van der Waals surface area contributed by atoms with Crippen LogP contribution >= 0.6 is 0 Å². The number of benzene rings is 3. The number of aliphatic hydroxyl groups is 1. The highest BCUT2D eigenvalue weighted by molar-refractivity contribution is 6.01. The molecule has 0 aromatic heterocycles.